The van der Waals surface area contributed by atoms with Gasteiger partial charge in [-0.15, -0.1) is 0 Å². The van der Waals surface area contributed by atoms with Crippen LogP contribution in [-0.4, -0.2) is 14.9 Å². The molecule has 1 heterocycles. The normalized spacial score (nSPS) is 11.0. The number of nitrogens with one attached hydrogen (secondary N) is 1. The SMILES string of the molecule is CC(C)c1nn(C)cc1CNc1ccc(CO)cc1. The van der Waals surface area contributed by atoms with Crippen molar-refractivity contribution in [2.45, 2.75) is 32.9 Å². The number of aliphatic hydroxyl groups is 1. The lowest BCUT2D eigenvalue weighted by Gasteiger charge is -2.08. The zero-order valence-electron chi connectivity index (χ0n) is 11.7. The van der Waals surface area contributed by atoms with Gasteiger partial charge in [0.25, 0.3) is 0 Å². The van der Waals surface area contributed by atoms with E-state index in [1.807, 2.05) is 36.0 Å². The molecular weight excluding hydrogens is 238 g/mol. The molecule has 2 N–H and O–H groups in total. The maximum absolute atomic E-state index is 9.01. The third kappa shape index (κ3) is 3.35. The first-order valence-corrected chi connectivity index (χ1v) is 6.56. The predicted molar refractivity (Wildman–Crippen MR) is 77.0 cm³/mol. The van der Waals surface area contributed by atoms with Gasteiger partial charge in [-0.2, -0.15) is 5.10 Å². The number of benzene rings is 1. The molecule has 0 fully saturated rings. The van der Waals surface area contributed by atoms with Gasteiger partial charge in [0.05, 0.1) is 12.3 Å². The van der Waals surface area contributed by atoms with Gasteiger partial charge in [-0.25, -0.2) is 0 Å². The first-order chi connectivity index (χ1) is 9.10. The average Bonchev–Trinajstić information content (AvgIpc) is 2.78. The summed E-state index contributed by atoms with van der Waals surface area (Å²) in [5.74, 6) is 0.426. The van der Waals surface area contributed by atoms with Crippen LogP contribution in [0.1, 0.15) is 36.6 Å². The maximum Gasteiger partial charge on any atom is 0.0699 e. The van der Waals surface area contributed by atoms with Crippen LogP contribution in [0.15, 0.2) is 30.5 Å². The van der Waals surface area contributed by atoms with Crippen molar-refractivity contribution in [3.63, 3.8) is 0 Å². The number of anilines is 1. The van der Waals surface area contributed by atoms with Crippen LogP contribution in [0.5, 0.6) is 0 Å². The highest BCUT2D eigenvalue weighted by Crippen LogP contribution is 2.19. The van der Waals surface area contributed by atoms with E-state index < -0.39 is 0 Å². The van der Waals surface area contributed by atoms with Gasteiger partial charge in [-0.1, -0.05) is 26.0 Å². The molecule has 4 heteroatoms. The molecule has 1 aromatic heterocycles. The monoisotopic (exact) mass is 259 g/mol. The number of aromatic nitrogens is 2. The highest BCUT2D eigenvalue weighted by molar-refractivity contribution is 5.45. The average molecular weight is 259 g/mol. The van der Waals surface area contributed by atoms with Gasteiger partial charge in [0, 0.05) is 31.0 Å². The highest BCUT2D eigenvalue weighted by Gasteiger charge is 2.10. The Balaban J connectivity index is 2.05. The molecule has 0 aliphatic heterocycles. The van der Waals surface area contributed by atoms with E-state index in [1.165, 1.54) is 5.56 Å². The van der Waals surface area contributed by atoms with Gasteiger partial charge in [0.1, 0.15) is 0 Å². The molecule has 102 valence electrons. The number of nitrogens with zero attached hydrogens (tertiary/aromatic N) is 2. The molecule has 0 saturated carbocycles. The fourth-order valence-electron chi connectivity index (χ4n) is 2.10. The molecule has 0 radical (unpaired) electrons. The van der Waals surface area contributed by atoms with E-state index in [4.69, 9.17) is 5.11 Å². The quantitative estimate of drug-likeness (QED) is 0.868. The highest BCUT2D eigenvalue weighted by atomic mass is 16.3. The van der Waals surface area contributed by atoms with Gasteiger partial charge >= 0.3 is 0 Å². The van der Waals surface area contributed by atoms with Crippen molar-refractivity contribution < 1.29 is 5.11 Å². The van der Waals surface area contributed by atoms with Crippen molar-refractivity contribution in [2.75, 3.05) is 5.32 Å². The van der Waals surface area contributed by atoms with Crippen LogP contribution in [0, 0.1) is 0 Å². The van der Waals surface area contributed by atoms with E-state index in [9.17, 15) is 0 Å². The molecule has 0 amide bonds. The van der Waals surface area contributed by atoms with Crippen LogP contribution in [0.3, 0.4) is 0 Å². The maximum atomic E-state index is 9.01. The molecule has 2 aromatic rings. The van der Waals surface area contributed by atoms with Gasteiger partial charge in [0.2, 0.25) is 0 Å². The number of rotatable bonds is 5. The lowest BCUT2D eigenvalue weighted by molar-refractivity contribution is 0.282. The molecule has 4 nitrogen and oxygen atoms in total. The fourth-order valence-corrected chi connectivity index (χ4v) is 2.10. The van der Waals surface area contributed by atoms with E-state index in [0.29, 0.717) is 5.92 Å². The minimum absolute atomic E-state index is 0.0837. The van der Waals surface area contributed by atoms with E-state index in [0.717, 1.165) is 23.5 Å². The first-order valence-electron chi connectivity index (χ1n) is 6.56. The van der Waals surface area contributed by atoms with E-state index >= 15 is 0 Å². The van der Waals surface area contributed by atoms with Gasteiger partial charge in [-0.3, -0.25) is 4.68 Å². The van der Waals surface area contributed by atoms with Crippen LogP contribution in [-0.2, 0) is 20.2 Å². The Morgan fingerprint density at radius 2 is 1.95 bits per heavy atom. The van der Waals surface area contributed by atoms with Crippen LogP contribution in [0.2, 0.25) is 0 Å². The molecule has 0 aliphatic carbocycles. The van der Waals surface area contributed by atoms with Crippen molar-refractivity contribution in [1.82, 2.24) is 9.78 Å². The summed E-state index contributed by atoms with van der Waals surface area (Å²) < 4.78 is 1.86. The van der Waals surface area contributed by atoms with Gasteiger partial charge in [-0.05, 0) is 23.6 Å². The van der Waals surface area contributed by atoms with Crippen LogP contribution in [0.25, 0.3) is 0 Å². The molecule has 0 bridgehead atoms. The number of hydrogen-bond acceptors (Lipinski definition) is 3. The summed E-state index contributed by atoms with van der Waals surface area (Å²) in [6.45, 7) is 5.16. The van der Waals surface area contributed by atoms with Crippen molar-refractivity contribution in [3.05, 3.63) is 47.3 Å². The lowest BCUT2D eigenvalue weighted by atomic mass is 10.1. The molecule has 1 aromatic carbocycles. The minimum Gasteiger partial charge on any atom is -0.392 e. The Labute approximate surface area is 114 Å². The Bertz CT molecular complexity index is 529. The number of aliphatic hydroxyl groups excluding tert-OH is 1. The zero-order chi connectivity index (χ0) is 13.8. The van der Waals surface area contributed by atoms with E-state index in [2.05, 4.69) is 30.5 Å². The molecule has 0 aliphatic rings. The summed E-state index contributed by atoms with van der Waals surface area (Å²) in [6, 6.07) is 7.82. The molecule has 0 unspecified atom stereocenters. The van der Waals surface area contributed by atoms with Crippen molar-refractivity contribution in [2.24, 2.45) is 7.05 Å². The van der Waals surface area contributed by atoms with E-state index in [1.54, 1.807) is 0 Å². The third-order valence-electron chi connectivity index (χ3n) is 3.10. The Morgan fingerprint density at radius 3 is 2.53 bits per heavy atom. The second-order valence-corrected chi connectivity index (χ2v) is 5.08. The smallest absolute Gasteiger partial charge is 0.0699 e. The summed E-state index contributed by atoms with van der Waals surface area (Å²) in [5, 5.41) is 16.9. The van der Waals surface area contributed by atoms with Crippen LogP contribution >= 0.6 is 0 Å². The topological polar surface area (TPSA) is 50.1 Å². The van der Waals surface area contributed by atoms with Gasteiger partial charge in [0.15, 0.2) is 0 Å². The number of aryl methyl sites for hydroxylation is 1. The first kappa shape index (κ1) is 13.6. The standard InChI is InChI=1S/C15H21N3O/c1-11(2)15-13(9-18(3)17-15)8-16-14-6-4-12(10-19)5-7-14/h4-7,9,11,16,19H,8,10H2,1-3H3. The second kappa shape index (κ2) is 5.89. The fraction of sp³-hybridized carbons (Fsp3) is 0.400. The Kier molecular flexibility index (Phi) is 4.22. The van der Waals surface area contributed by atoms with Crippen LogP contribution in [0.4, 0.5) is 5.69 Å². The zero-order valence-corrected chi connectivity index (χ0v) is 11.7. The summed E-state index contributed by atoms with van der Waals surface area (Å²) in [6.07, 6.45) is 2.06. The minimum atomic E-state index is 0.0837. The molecule has 2 rings (SSSR count). The third-order valence-corrected chi connectivity index (χ3v) is 3.10. The molecule has 0 spiro atoms. The van der Waals surface area contributed by atoms with Crippen LogP contribution < -0.4 is 5.32 Å². The molecule has 0 saturated heterocycles. The Hall–Kier alpha value is -1.81. The molecule has 0 atom stereocenters. The second-order valence-electron chi connectivity index (χ2n) is 5.08. The largest absolute Gasteiger partial charge is 0.392 e. The lowest BCUT2D eigenvalue weighted by Crippen LogP contribution is -2.02. The summed E-state index contributed by atoms with van der Waals surface area (Å²) in [5.41, 5.74) is 4.34. The number of hydrogen-bond donors (Lipinski definition) is 2. The molecular formula is C15H21N3O. The van der Waals surface area contributed by atoms with E-state index in [-0.39, 0.29) is 6.61 Å². The molecule has 19 heavy (non-hydrogen) atoms. The summed E-state index contributed by atoms with van der Waals surface area (Å²) in [4.78, 5) is 0. The van der Waals surface area contributed by atoms with Gasteiger partial charge < -0.3 is 10.4 Å². The van der Waals surface area contributed by atoms with Crippen molar-refractivity contribution >= 4 is 5.69 Å². The summed E-state index contributed by atoms with van der Waals surface area (Å²) >= 11 is 0. The predicted octanol–water partition coefficient (Wildman–Crippen LogP) is 2.65. The van der Waals surface area contributed by atoms with Crippen molar-refractivity contribution in [3.8, 4) is 0 Å². The summed E-state index contributed by atoms with van der Waals surface area (Å²) in [7, 11) is 1.95. The van der Waals surface area contributed by atoms with Crippen molar-refractivity contribution in [1.29, 1.82) is 0 Å². The Morgan fingerprint density at radius 1 is 1.26 bits per heavy atom.